The van der Waals surface area contributed by atoms with Crippen LogP contribution in [0.15, 0.2) is 152 Å². The molecular weight excluding hydrogens is 494 g/mol. The zero-order valence-electron chi connectivity index (χ0n) is 22.4. The fraction of sp³-hybridized carbons (Fsp3) is 0. The standard InChI is InChI=1S/C40H25N/c1-2-11-26(12-3-1)27-21-23-28(24-22-27)41-37-20-9-8-17-34(37)40-35-19-10-18-33-31-15-6-4-13-29(31)30-14-5-7-16-32(30)36(39(33)35)25-38(40)41/h1-25H. The molecule has 9 rings (SSSR count). The lowest BCUT2D eigenvalue weighted by molar-refractivity contribution is 1.18. The SMILES string of the molecule is c1ccc(-c2ccc(-n3c4ccccc4c4c5cccc6c5c(cc43)-c3ccccc3-c3ccccc3-6)cc2)cc1. The second-order valence-corrected chi connectivity index (χ2v) is 10.9. The summed E-state index contributed by atoms with van der Waals surface area (Å²) in [5, 5.41) is 5.23. The fourth-order valence-corrected chi connectivity index (χ4v) is 6.99. The van der Waals surface area contributed by atoms with Crippen molar-refractivity contribution in [1.29, 1.82) is 0 Å². The van der Waals surface area contributed by atoms with Gasteiger partial charge in [-0.05, 0) is 79.5 Å². The lowest BCUT2D eigenvalue weighted by Crippen LogP contribution is -1.95. The van der Waals surface area contributed by atoms with E-state index in [4.69, 9.17) is 0 Å². The highest BCUT2D eigenvalue weighted by Gasteiger charge is 2.24. The molecule has 0 unspecified atom stereocenters. The van der Waals surface area contributed by atoms with Crippen LogP contribution in [0.5, 0.6) is 0 Å². The van der Waals surface area contributed by atoms with Gasteiger partial charge in [-0.2, -0.15) is 0 Å². The number of benzene rings is 7. The lowest BCUT2D eigenvalue weighted by atomic mass is 9.91. The number of nitrogens with zero attached hydrogens (tertiary/aromatic N) is 1. The van der Waals surface area contributed by atoms with Crippen LogP contribution < -0.4 is 0 Å². The van der Waals surface area contributed by atoms with E-state index in [-0.39, 0.29) is 0 Å². The van der Waals surface area contributed by atoms with Crippen molar-refractivity contribution < 1.29 is 0 Å². The average molecular weight is 520 g/mol. The van der Waals surface area contributed by atoms with E-state index in [9.17, 15) is 0 Å². The number of hydrogen-bond acceptors (Lipinski definition) is 0. The molecule has 0 radical (unpaired) electrons. The van der Waals surface area contributed by atoms with Gasteiger partial charge in [0.15, 0.2) is 0 Å². The normalized spacial score (nSPS) is 11.9. The van der Waals surface area contributed by atoms with Gasteiger partial charge in [0.05, 0.1) is 11.0 Å². The number of fused-ring (bicyclic) bond motifs is 9. The Bertz CT molecular complexity index is 2290. The predicted molar refractivity (Wildman–Crippen MR) is 174 cm³/mol. The first-order valence-corrected chi connectivity index (χ1v) is 14.2. The summed E-state index contributed by atoms with van der Waals surface area (Å²) in [6, 6.07) is 55.5. The molecular formula is C40H25N. The molecule has 190 valence electrons. The molecule has 1 heterocycles. The van der Waals surface area contributed by atoms with Gasteiger partial charge in [-0.15, -0.1) is 0 Å². The molecule has 0 spiro atoms. The topological polar surface area (TPSA) is 4.93 Å². The molecule has 0 bridgehead atoms. The molecule has 0 N–H and O–H groups in total. The molecule has 0 fully saturated rings. The third kappa shape index (κ3) is 3.18. The smallest absolute Gasteiger partial charge is 0.0553 e. The molecule has 41 heavy (non-hydrogen) atoms. The molecule has 8 aromatic rings. The third-order valence-corrected chi connectivity index (χ3v) is 8.75. The van der Waals surface area contributed by atoms with Crippen molar-refractivity contribution in [3.8, 4) is 50.2 Å². The zero-order chi connectivity index (χ0) is 26.9. The molecule has 0 saturated heterocycles. The van der Waals surface area contributed by atoms with Crippen molar-refractivity contribution in [2.24, 2.45) is 0 Å². The quantitative estimate of drug-likeness (QED) is 0.214. The van der Waals surface area contributed by atoms with Crippen LogP contribution >= 0.6 is 0 Å². The highest BCUT2D eigenvalue weighted by Crippen LogP contribution is 2.50. The van der Waals surface area contributed by atoms with Crippen LogP contribution in [0.4, 0.5) is 0 Å². The molecule has 7 aromatic carbocycles. The van der Waals surface area contributed by atoms with E-state index < -0.39 is 0 Å². The van der Waals surface area contributed by atoms with Crippen molar-refractivity contribution in [2.45, 2.75) is 0 Å². The van der Waals surface area contributed by atoms with E-state index in [1.165, 1.54) is 82.8 Å². The van der Waals surface area contributed by atoms with Gasteiger partial charge < -0.3 is 4.57 Å². The van der Waals surface area contributed by atoms with Gasteiger partial charge >= 0.3 is 0 Å². The van der Waals surface area contributed by atoms with Crippen LogP contribution in [0.1, 0.15) is 0 Å². The number of para-hydroxylation sites is 1. The van der Waals surface area contributed by atoms with E-state index in [1.54, 1.807) is 0 Å². The fourth-order valence-electron chi connectivity index (χ4n) is 6.99. The minimum Gasteiger partial charge on any atom is -0.309 e. The summed E-state index contributed by atoms with van der Waals surface area (Å²) in [7, 11) is 0. The number of rotatable bonds is 2. The van der Waals surface area contributed by atoms with E-state index in [2.05, 4.69) is 156 Å². The third-order valence-electron chi connectivity index (χ3n) is 8.75. The average Bonchev–Trinajstić information content (AvgIpc) is 3.33. The first-order chi connectivity index (χ1) is 20.4. The van der Waals surface area contributed by atoms with Crippen molar-refractivity contribution in [2.75, 3.05) is 0 Å². The number of aromatic nitrogens is 1. The molecule has 0 amide bonds. The Morgan fingerprint density at radius 2 is 0.854 bits per heavy atom. The maximum Gasteiger partial charge on any atom is 0.0553 e. The van der Waals surface area contributed by atoms with E-state index in [0.717, 1.165) is 0 Å². The van der Waals surface area contributed by atoms with Crippen LogP contribution in [-0.4, -0.2) is 4.57 Å². The van der Waals surface area contributed by atoms with E-state index in [1.807, 2.05) is 0 Å². The molecule has 1 nitrogen and oxygen atoms in total. The maximum absolute atomic E-state index is 2.45. The number of hydrogen-bond donors (Lipinski definition) is 0. The van der Waals surface area contributed by atoms with Crippen LogP contribution in [0, 0.1) is 0 Å². The maximum atomic E-state index is 2.45. The van der Waals surface area contributed by atoms with Crippen LogP contribution in [0.25, 0.3) is 82.8 Å². The summed E-state index contributed by atoms with van der Waals surface area (Å²) in [4.78, 5) is 0. The van der Waals surface area contributed by atoms with Crippen LogP contribution in [0.3, 0.4) is 0 Å². The zero-order valence-corrected chi connectivity index (χ0v) is 22.4. The minimum absolute atomic E-state index is 1.17. The molecule has 1 aromatic heterocycles. The Morgan fingerprint density at radius 1 is 0.317 bits per heavy atom. The van der Waals surface area contributed by atoms with Gasteiger partial charge in [0.2, 0.25) is 0 Å². The second-order valence-electron chi connectivity index (χ2n) is 10.9. The Balaban J connectivity index is 1.42. The molecule has 0 aliphatic heterocycles. The summed E-state index contributed by atoms with van der Waals surface area (Å²) in [5.41, 5.74) is 13.8. The Hall–Kier alpha value is -5.40. The minimum atomic E-state index is 1.17. The lowest BCUT2D eigenvalue weighted by Gasteiger charge is -2.14. The highest BCUT2D eigenvalue weighted by atomic mass is 15.0. The second kappa shape index (κ2) is 8.55. The van der Waals surface area contributed by atoms with Crippen LogP contribution in [0.2, 0.25) is 0 Å². The van der Waals surface area contributed by atoms with Gasteiger partial charge in [-0.25, -0.2) is 0 Å². The van der Waals surface area contributed by atoms with Crippen molar-refractivity contribution in [3.63, 3.8) is 0 Å². The first-order valence-electron chi connectivity index (χ1n) is 14.2. The van der Waals surface area contributed by atoms with Crippen LogP contribution in [-0.2, 0) is 0 Å². The van der Waals surface area contributed by atoms with E-state index >= 15 is 0 Å². The molecule has 0 saturated carbocycles. The van der Waals surface area contributed by atoms with E-state index in [0.29, 0.717) is 0 Å². The summed E-state index contributed by atoms with van der Waals surface area (Å²) >= 11 is 0. The Labute approximate surface area is 238 Å². The van der Waals surface area contributed by atoms with Gasteiger partial charge in [-0.1, -0.05) is 127 Å². The monoisotopic (exact) mass is 519 g/mol. The van der Waals surface area contributed by atoms with Crippen molar-refractivity contribution >= 4 is 32.6 Å². The van der Waals surface area contributed by atoms with Gasteiger partial charge in [0.1, 0.15) is 0 Å². The predicted octanol–water partition coefficient (Wildman–Crippen LogP) is 10.9. The van der Waals surface area contributed by atoms with Crippen molar-refractivity contribution in [3.05, 3.63) is 152 Å². The summed E-state index contributed by atoms with van der Waals surface area (Å²) < 4.78 is 2.45. The summed E-state index contributed by atoms with van der Waals surface area (Å²) in [6.07, 6.45) is 0. The first kappa shape index (κ1) is 22.4. The molecule has 1 aliphatic carbocycles. The van der Waals surface area contributed by atoms with Gasteiger partial charge in [0.25, 0.3) is 0 Å². The van der Waals surface area contributed by atoms with Gasteiger partial charge in [0, 0.05) is 16.5 Å². The molecule has 1 heteroatoms. The largest absolute Gasteiger partial charge is 0.309 e. The Morgan fingerprint density at radius 3 is 1.59 bits per heavy atom. The van der Waals surface area contributed by atoms with Gasteiger partial charge in [-0.3, -0.25) is 0 Å². The molecule has 1 aliphatic rings. The van der Waals surface area contributed by atoms with Crippen molar-refractivity contribution in [1.82, 2.24) is 4.57 Å². The Kier molecular flexibility index (Phi) is 4.67. The molecule has 0 atom stereocenters. The highest BCUT2D eigenvalue weighted by molar-refractivity contribution is 6.28. The summed E-state index contributed by atoms with van der Waals surface area (Å²) in [5.74, 6) is 0. The summed E-state index contributed by atoms with van der Waals surface area (Å²) in [6.45, 7) is 0.